The lowest BCUT2D eigenvalue weighted by atomic mass is 10.1. The number of hydrogen-bond donors (Lipinski definition) is 2. The van der Waals surface area contributed by atoms with E-state index in [0.717, 1.165) is 31.0 Å². The van der Waals surface area contributed by atoms with E-state index >= 15 is 0 Å². The molecule has 1 aliphatic heterocycles. The molecule has 0 aromatic carbocycles. The van der Waals surface area contributed by atoms with Crippen molar-refractivity contribution in [2.45, 2.75) is 45.3 Å². The molecule has 0 spiro atoms. The zero-order valence-corrected chi connectivity index (χ0v) is 12.4. The number of carbonyl (C=O) groups is 1. The highest BCUT2D eigenvalue weighted by molar-refractivity contribution is 7.80. The minimum atomic E-state index is -0.460. The molecule has 2 N–H and O–H groups in total. The molecule has 0 aromatic heterocycles. The Morgan fingerprint density at radius 2 is 2.11 bits per heavy atom. The van der Waals surface area contributed by atoms with Crippen molar-refractivity contribution in [2.75, 3.05) is 20.1 Å². The molecular weight excluding hydrogens is 250 g/mol. The first-order valence-corrected chi connectivity index (χ1v) is 6.69. The summed E-state index contributed by atoms with van der Waals surface area (Å²) in [5, 5.41) is 6.58. The number of nitrogens with zero attached hydrogens (tertiary/aromatic N) is 1. The number of nitrogens with one attached hydrogen (secondary N) is 2. The molecule has 0 radical (unpaired) electrons. The third-order valence-corrected chi connectivity index (χ3v) is 3.11. The van der Waals surface area contributed by atoms with Crippen LogP contribution in [0.25, 0.3) is 0 Å². The minimum absolute atomic E-state index is 0.0971. The monoisotopic (exact) mass is 273 g/mol. The number of alkyl carbamates (subject to hydrolysis) is 1. The average molecular weight is 273 g/mol. The largest absolute Gasteiger partial charge is 0.444 e. The molecule has 0 unspecified atom stereocenters. The first-order chi connectivity index (χ1) is 8.31. The Morgan fingerprint density at radius 1 is 1.44 bits per heavy atom. The summed E-state index contributed by atoms with van der Waals surface area (Å²) in [5.74, 6) is 0. The molecule has 1 heterocycles. The zero-order chi connectivity index (χ0) is 13.8. The van der Waals surface area contributed by atoms with Gasteiger partial charge in [0, 0.05) is 26.2 Å². The van der Waals surface area contributed by atoms with Crippen molar-refractivity contribution in [3.63, 3.8) is 0 Å². The van der Waals surface area contributed by atoms with E-state index in [-0.39, 0.29) is 12.1 Å². The normalized spacial score (nSPS) is 20.2. The quantitative estimate of drug-likeness (QED) is 0.709. The molecule has 0 aliphatic carbocycles. The van der Waals surface area contributed by atoms with Crippen molar-refractivity contribution in [3.05, 3.63) is 0 Å². The number of carbonyl (C=O) groups excluding carboxylic acids is 1. The lowest BCUT2D eigenvalue weighted by Gasteiger charge is -2.34. The van der Waals surface area contributed by atoms with E-state index in [1.54, 1.807) is 0 Å². The van der Waals surface area contributed by atoms with Crippen LogP contribution in [-0.4, -0.2) is 47.9 Å². The number of ether oxygens (including phenoxy) is 1. The summed E-state index contributed by atoms with van der Waals surface area (Å²) in [7, 11) is 1.81. The van der Waals surface area contributed by atoms with Gasteiger partial charge in [0.2, 0.25) is 0 Å². The van der Waals surface area contributed by atoms with Crippen molar-refractivity contribution >= 4 is 23.4 Å². The van der Waals surface area contributed by atoms with Gasteiger partial charge < -0.3 is 20.3 Å². The van der Waals surface area contributed by atoms with Gasteiger partial charge >= 0.3 is 6.09 Å². The fraction of sp³-hybridized carbons (Fsp3) is 0.833. The van der Waals surface area contributed by atoms with Crippen LogP contribution in [0.2, 0.25) is 0 Å². The summed E-state index contributed by atoms with van der Waals surface area (Å²) in [4.78, 5) is 13.7. The molecule has 104 valence electrons. The van der Waals surface area contributed by atoms with Crippen molar-refractivity contribution in [3.8, 4) is 0 Å². The minimum Gasteiger partial charge on any atom is -0.444 e. The Kier molecular flexibility index (Phi) is 5.19. The molecule has 1 aliphatic rings. The Balaban J connectivity index is 2.43. The molecular formula is C12H23N3O2S. The van der Waals surface area contributed by atoms with E-state index in [2.05, 4.69) is 15.5 Å². The Hall–Kier alpha value is -1.04. The van der Waals surface area contributed by atoms with Crippen LogP contribution in [0.4, 0.5) is 4.79 Å². The third kappa shape index (κ3) is 5.08. The van der Waals surface area contributed by atoms with Crippen molar-refractivity contribution in [2.24, 2.45) is 0 Å². The molecule has 5 nitrogen and oxygen atoms in total. The first-order valence-electron chi connectivity index (χ1n) is 6.28. The molecule has 6 heteroatoms. The molecule has 1 amide bonds. The van der Waals surface area contributed by atoms with E-state index < -0.39 is 5.60 Å². The summed E-state index contributed by atoms with van der Waals surface area (Å²) in [5.41, 5.74) is -0.460. The summed E-state index contributed by atoms with van der Waals surface area (Å²) in [6.45, 7) is 7.24. The predicted octanol–water partition coefficient (Wildman–Crippen LogP) is 1.48. The maximum Gasteiger partial charge on any atom is 0.407 e. The van der Waals surface area contributed by atoms with Crippen LogP contribution in [0, 0.1) is 0 Å². The zero-order valence-electron chi connectivity index (χ0n) is 11.6. The summed E-state index contributed by atoms with van der Waals surface area (Å²) < 4.78 is 5.25. The smallest absolute Gasteiger partial charge is 0.407 e. The highest BCUT2D eigenvalue weighted by Gasteiger charge is 2.24. The van der Waals surface area contributed by atoms with Gasteiger partial charge in [0.05, 0.1) is 0 Å². The van der Waals surface area contributed by atoms with Gasteiger partial charge in [-0.05, 0) is 45.8 Å². The standard InChI is InChI=1S/C12H23N3O2S/c1-12(2,3)17-11(16)14-9-6-5-7-15(8-9)10(18)13-4/h9H,5-8H2,1-4H3,(H,13,18)(H,14,16)/t9-/m1/s1. The molecule has 1 rings (SSSR count). The van der Waals surface area contributed by atoms with Gasteiger partial charge in [-0.3, -0.25) is 0 Å². The van der Waals surface area contributed by atoms with Crippen LogP contribution in [0.5, 0.6) is 0 Å². The second-order valence-electron chi connectivity index (χ2n) is 5.49. The van der Waals surface area contributed by atoms with Crippen molar-refractivity contribution < 1.29 is 9.53 Å². The number of piperidine rings is 1. The summed E-state index contributed by atoms with van der Waals surface area (Å²) >= 11 is 5.20. The second kappa shape index (κ2) is 6.22. The molecule has 0 saturated carbocycles. The van der Waals surface area contributed by atoms with Gasteiger partial charge in [-0.25, -0.2) is 4.79 Å². The molecule has 1 fully saturated rings. The predicted molar refractivity (Wildman–Crippen MR) is 75.6 cm³/mol. The topological polar surface area (TPSA) is 53.6 Å². The van der Waals surface area contributed by atoms with Crippen LogP contribution in [0.3, 0.4) is 0 Å². The first kappa shape index (κ1) is 15.0. The number of hydrogen-bond acceptors (Lipinski definition) is 3. The Morgan fingerprint density at radius 3 is 2.67 bits per heavy atom. The SMILES string of the molecule is CNC(=S)N1CCC[C@@H](NC(=O)OC(C)(C)C)C1. The lowest BCUT2D eigenvalue weighted by Crippen LogP contribution is -2.52. The molecule has 1 saturated heterocycles. The second-order valence-corrected chi connectivity index (χ2v) is 5.87. The maximum absolute atomic E-state index is 11.7. The number of thiocarbonyl (C=S) groups is 1. The van der Waals surface area contributed by atoms with Crippen LogP contribution in [0.1, 0.15) is 33.6 Å². The van der Waals surface area contributed by atoms with E-state index in [1.165, 1.54) is 0 Å². The highest BCUT2D eigenvalue weighted by atomic mass is 32.1. The Labute approximate surface area is 114 Å². The maximum atomic E-state index is 11.7. The summed E-state index contributed by atoms with van der Waals surface area (Å²) in [6, 6.07) is 0.0971. The van der Waals surface area contributed by atoms with Crippen LogP contribution in [-0.2, 0) is 4.74 Å². The van der Waals surface area contributed by atoms with E-state index in [0.29, 0.717) is 0 Å². The van der Waals surface area contributed by atoms with E-state index in [1.807, 2.05) is 27.8 Å². The average Bonchev–Trinajstić information content (AvgIpc) is 2.25. The fourth-order valence-corrected chi connectivity index (χ4v) is 2.08. The number of amides is 1. The van der Waals surface area contributed by atoms with Gasteiger partial charge in [-0.15, -0.1) is 0 Å². The van der Waals surface area contributed by atoms with Crippen LogP contribution in [0.15, 0.2) is 0 Å². The summed E-state index contributed by atoms with van der Waals surface area (Å²) in [6.07, 6.45) is 1.62. The lowest BCUT2D eigenvalue weighted by molar-refractivity contribution is 0.0486. The molecule has 0 bridgehead atoms. The van der Waals surface area contributed by atoms with Crippen molar-refractivity contribution in [1.82, 2.24) is 15.5 Å². The van der Waals surface area contributed by atoms with Gasteiger partial charge in [0.25, 0.3) is 0 Å². The van der Waals surface area contributed by atoms with Crippen molar-refractivity contribution in [1.29, 1.82) is 0 Å². The number of rotatable bonds is 1. The number of likely N-dealkylation sites (tertiary alicyclic amines) is 1. The van der Waals surface area contributed by atoms with E-state index in [9.17, 15) is 4.79 Å². The molecule has 0 aromatic rings. The van der Waals surface area contributed by atoms with E-state index in [4.69, 9.17) is 17.0 Å². The molecule has 18 heavy (non-hydrogen) atoms. The van der Waals surface area contributed by atoms with Gasteiger partial charge in [0.15, 0.2) is 5.11 Å². The Bertz CT molecular complexity index is 315. The van der Waals surface area contributed by atoms with Gasteiger partial charge in [-0.1, -0.05) is 0 Å². The van der Waals surface area contributed by atoms with Crippen LogP contribution >= 0.6 is 12.2 Å². The highest BCUT2D eigenvalue weighted by Crippen LogP contribution is 2.12. The van der Waals surface area contributed by atoms with Crippen LogP contribution < -0.4 is 10.6 Å². The van der Waals surface area contributed by atoms with Gasteiger partial charge in [-0.2, -0.15) is 0 Å². The fourth-order valence-electron chi connectivity index (χ4n) is 1.91. The third-order valence-electron chi connectivity index (χ3n) is 2.64. The van der Waals surface area contributed by atoms with Gasteiger partial charge in [0.1, 0.15) is 5.60 Å². The molecule has 1 atom stereocenters.